The Balaban J connectivity index is 1.53. The van der Waals surface area contributed by atoms with Crippen molar-refractivity contribution in [3.8, 4) is 5.75 Å². The van der Waals surface area contributed by atoms with Crippen molar-refractivity contribution < 1.29 is 9.53 Å². The Hall–Kier alpha value is -2.33. The minimum atomic E-state index is 0.164. The van der Waals surface area contributed by atoms with Gasteiger partial charge < -0.3 is 9.64 Å². The van der Waals surface area contributed by atoms with E-state index in [1.54, 1.807) is 0 Å². The van der Waals surface area contributed by atoms with E-state index in [1.165, 1.54) is 11.1 Å². The summed E-state index contributed by atoms with van der Waals surface area (Å²) in [4.78, 5) is 16.6. The van der Waals surface area contributed by atoms with Gasteiger partial charge in [0.2, 0.25) is 0 Å². The summed E-state index contributed by atoms with van der Waals surface area (Å²) < 4.78 is 5.48. The van der Waals surface area contributed by atoms with Gasteiger partial charge in [0.05, 0.1) is 6.61 Å². The second-order valence-corrected chi connectivity index (χ2v) is 6.95. The van der Waals surface area contributed by atoms with E-state index in [2.05, 4.69) is 36.2 Å². The van der Waals surface area contributed by atoms with Gasteiger partial charge in [0.25, 0.3) is 5.91 Å². The zero-order chi connectivity index (χ0) is 18.4. The molecule has 3 rings (SSSR count). The van der Waals surface area contributed by atoms with Gasteiger partial charge in [-0.25, -0.2) is 0 Å². The maximum atomic E-state index is 12.4. The zero-order valence-electron chi connectivity index (χ0n) is 15.8. The predicted molar refractivity (Wildman–Crippen MR) is 104 cm³/mol. The van der Waals surface area contributed by atoms with Crippen molar-refractivity contribution in [3.63, 3.8) is 0 Å². The molecule has 0 atom stereocenters. The first-order valence-electron chi connectivity index (χ1n) is 9.44. The van der Waals surface area contributed by atoms with Crippen molar-refractivity contribution in [1.82, 2.24) is 9.80 Å². The molecule has 1 amide bonds. The van der Waals surface area contributed by atoms with Crippen molar-refractivity contribution in [1.29, 1.82) is 0 Å². The first kappa shape index (κ1) is 18.5. The van der Waals surface area contributed by atoms with Gasteiger partial charge in [-0.3, -0.25) is 9.69 Å². The lowest BCUT2D eigenvalue weighted by Crippen LogP contribution is -2.27. The predicted octanol–water partition coefficient (Wildman–Crippen LogP) is 3.95. The van der Waals surface area contributed by atoms with Crippen LogP contribution in [0.15, 0.2) is 48.5 Å². The SMILES string of the molecule is CCOc1ccc(CN(C)Cc2ccc(C(=O)N3CCCC3)cc2)cc1. The van der Waals surface area contributed by atoms with Crippen LogP contribution in [0.1, 0.15) is 41.3 Å². The minimum Gasteiger partial charge on any atom is -0.494 e. The van der Waals surface area contributed by atoms with Gasteiger partial charge in [0.15, 0.2) is 0 Å². The largest absolute Gasteiger partial charge is 0.494 e. The molecule has 4 nitrogen and oxygen atoms in total. The molecule has 138 valence electrons. The van der Waals surface area contributed by atoms with Crippen molar-refractivity contribution in [3.05, 3.63) is 65.2 Å². The van der Waals surface area contributed by atoms with E-state index in [0.29, 0.717) is 6.61 Å². The summed E-state index contributed by atoms with van der Waals surface area (Å²) >= 11 is 0. The number of rotatable bonds is 7. The number of carbonyl (C=O) groups is 1. The van der Waals surface area contributed by atoms with E-state index in [9.17, 15) is 4.79 Å². The van der Waals surface area contributed by atoms with Gasteiger partial charge in [-0.15, -0.1) is 0 Å². The van der Waals surface area contributed by atoms with Crippen LogP contribution in [0.25, 0.3) is 0 Å². The Morgan fingerprint density at radius 1 is 0.962 bits per heavy atom. The smallest absolute Gasteiger partial charge is 0.253 e. The van der Waals surface area contributed by atoms with E-state index >= 15 is 0 Å². The van der Waals surface area contributed by atoms with Gasteiger partial charge in [-0.2, -0.15) is 0 Å². The Morgan fingerprint density at radius 3 is 2.04 bits per heavy atom. The summed E-state index contributed by atoms with van der Waals surface area (Å²) in [7, 11) is 2.11. The van der Waals surface area contributed by atoms with Crippen LogP contribution >= 0.6 is 0 Å². The number of amides is 1. The molecule has 0 saturated carbocycles. The molecule has 0 aromatic heterocycles. The molecular formula is C22H28N2O2. The van der Waals surface area contributed by atoms with E-state index in [0.717, 1.165) is 50.3 Å². The lowest BCUT2D eigenvalue weighted by atomic mass is 10.1. The highest BCUT2D eigenvalue weighted by molar-refractivity contribution is 5.94. The van der Waals surface area contributed by atoms with Crippen molar-refractivity contribution >= 4 is 5.91 Å². The number of nitrogens with zero attached hydrogens (tertiary/aromatic N) is 2. The maximum absolute atomic E-state index is 12.4. The highest BCUT2D eigenvalue weighted by atomic mass is 16.5. The first-order valence-corrected chi connectivity index (χ1v) is 9.44. The van der Waals surface area contributed by atoms with Gasteiger partial charge in [-0.1, -0.05) is 24.3 Å². The van der Waals surface area contributed by atoms with E-state index in [1.807, 2.05) is 36.1 Å². The zero-order valence-corrected chi connectivity index (χ0v) is 15.8. The maximum Gasteiger partial charge on any atom is 0.253 e. The third kappa shape index (κ3) is 4.85. The molecule has 1 aliphatic heterocycles. The van der Waals surface area contributed by atoms with Crippen molar-refractivity contribution in [2.24, 2.45) is 0 Å². The average molecular weight is 352 g/mol. The Kier molecular flexibility index (Phi) is 6.29. The van der Waals surface area contributed by atoms with Crippen LogP contribution in [0.4, 0.5) is 0 Å². The summed E-state index contributed by atoms with van der Waals surface area (Å²) in [6.07, 6.45) is 2.25. The summed E-state index contributed by atoms with van der Waals surface area (Å²) in [5.74, 6) is 1.08. The van der Waals surface area contributed by atoms with Gasteiger partial charge >= 0.3 is 0 Å². The monoisotopic (exact) mass is 352 g/mol. The van der Waals surface area contributed by atoms with Gasteiger partial charge in [0, 0.05) is 31.7 Å². The van der Waals surface area contributed by atoms with Crippen LogP contribution in [-0.4, -0.2) is 42.5 Å². The van der Waals surface area contributed by atoms with Crippen LogP contribution in [0.3, 0.4) is 0 Å². The number of carbonyl (C=O) groups excluding carboxylic acids is 1. The average Bonchev–Trinajstić information content (AvgIpc) is 3.18. The molecule has 0 N–H and O–H groups in total. The number of benzene rings is 2. The molecule has 1 heterocycles. The molecule has 1 saturated heterocycles. The third-order valence-electron chi connectivity index (χ3n) is 4.73. The molecule has 0 radical (unpaired) electrons. The van der Waals surface area contributed by atoms with Gasteiger partial charge in [-0.05, 0) is 62.2 Å². The topological polar surface area (TPSA) is 32.8 Å². The molecular weight excluding hydrogens is 324 g/mol. The van der Waals surface area contributed by atoms with Crippen molar-refractivity contribution in [2.75, 3.05) is 26.7 Å². The third-order valence-corrected chi connectivity index (χ3v) is 4.73. The highest BCUT2D eigenvalue weighted by Crippen LogP contribution is 2.16. The molecule has 2 aromatic carbocycles. The normalized spacial score (nSPS) is 14.0. The van der Waals surface area contributed by atoms with Crippen LogP contribution in [0, 0.1) is 0 Å². The lowest BCUT2D eigenvalue weighted by molar-refractivity contribution is 0.0793. The quantitative estimate of drug-likeness (QED) is 0.756. The second-order valence-electron chi connectivity index (χ2n) is 6.95. The number of hydrogen-bond acceptors (Lipinski definition) is 3. The van der Waals surface area contributed by atoms with E-state index in [-0.39, 0.29) is 5.91 Å². The molecule has 0 spiro atoms. The number of likely N-dealkylation sites (tertiary alicyclic amines) is 1. The van der Waals surface area contributed by atoms with Gasteiger partial charge in [0.1, 0.15) is 5.75 Å². The molecule has 0 aliphatic carbocycles. The van der Waals surface area contributed by atoms with E-state index < -0.39 is 0 Å². The number of hydrogen-bond donors (Lipinski definition) is 0. The summed E-state index contributed by atoms with van der Waals surface area (Å²) in [5, 5.41) is 0. The summed E-state index contributed by atoms with van der Waals surface area (Å²) in [5.41, 5.74) is 3.28. The number of ether oxygens (including phenoxy) is 1. The van der Waals surface area contributed by atoms with Crippen LogP contribution in [0.5, 0.6) is 5.75 Å². The second kappa shape index (κ2) is 8.86. The first-order chi connectivity index (χ1) is 12.7. The molecule has 1 aliphatic rings. The summed E-state index contributed by atoms with van der Waals surface area (Å²) in [6.45, 7) is 6.20. The molecule has 0 unspecified atom stereocenters. The molecule has 4 heteroatoms. The van der Waals surface area contributed by atoms with Crippen LogP contribution in [-0.2, 0) is 13.1 Å². The fraction of sp³-hybridized carbons (Fsp3) is 0.409. The van der Waals surface area contributed by atoms with Crippen LogP contribution < -0.4 is 4.74 Å². The molecule has 0 bridgehead atoms. The fourth-order valence-electron chi connectivity index (χ4n) is 3.39. The standard InChI is InChI=1S/C22H28N2O2/c1-3-26-21-12-8-19(9-13-21)17-23(2)16-18-6-10-20(11-7-18)22(25)24-14-4-5-15-24/h6-13H,3-5,14-17H2,1-2H3. The molecule has 1 fully saturated rings. The lowest BCUT2D eigenvalue weighted by Gasteiger charge is -2.18. The van der Waals surface area contributed by atoms with E-state index in [4.69, 9.17) is 4.74 Å². The Bertz CT molecular complexity index is 704. The molecule has 2 aromatic rings. The Labute approximate surface area is 156 Å². The van der Waals surface area contributed by atoms with Crippen molar-refractivity contribution in [2.45, 2.75) is 32.9 Å². The minimum absolute atomic E-state index is 0.164. The highest BCUT2D eigenvalue weighted by Gasteiger charge is 2.19. The Morgan fingerprint density at radius 2 is 1.50 bits per heavy atom. The van der Waals surface area contributed by atoms with Crippen LogP contribution in [0.2, 0.25) is 0 Å². The fourth-order valence-corrected chi connectivity index (χ4v) is 3.39. The summed E-state index contributed by atoms with van der Waals surface area (Å²) in [6, 6.07) is 16.3. The molecule has 26 heavy (non-hydrogen) atoms.